The lowest BCUT2D eigenvalue weighted by Crippen LogP contribution is -2.48. The van der Waals surface area contributed by atoms with Gasteiger partial charge in [0.1, 0.15) is 0 Å². The first-order chi connectivity index (χ1) is 8.02. The Morgan fingerprint density at radius 2 is 2.12 bits per heavy atom. The van der Waals surface area contributed by atoms with Crippen LogP contribution in [0.5, 0.6) is 0 Å². The van der Waals surface area contributed by atoms with Crippen molar-refractivity contribution in [2.75, 3.05) is 32.1 Å². The van der Waals surface area contributed by atoms with Crippen molar-refractivity contribution in [3.8, 4) is 0 Å². The van der Waals surface area contributed by atoms with E-state index < -0.39 is 10.2 Å². The topological polar surface area (TPSA) is 40.6 Å². The standard InChI is InChI=1S/C11H23ClN2O2S/c1-3-7-13(9-6-12)17(15,16)14-8-4-5-11(2)10-14/h11H,3-10H2,1-2H3. The van der Waals surface area contributed by atoms with E-state index in [1.54, 1.807) is 4.31 Å². The molecular formula is C11H23ClN2O2S. The average molecular weight is 283 g/mol. The summed E-state index contributed by atoms with van der Waals surface area (Å²) in [4.78, 5) is 0. The molecule has 1 aliphatic rings. The van der Waals surface area contributed by atoms with E-state index in [-0.39, 0.29) is 0 Å². The molecule has 1 aliphatic heterocycles. The Hall–Kier alpha value is 0.160. The van der Waals surface area contributed by atoms with Gasteiger partial charge in [-0.25, -0.2) is 0 Å². The van der Waals surface area contributed by atoms with Crippen molar-refractivity contribution < 1.29 is 8.42 Å². The zero-order valence-corrected chi connectivity index (χ0v) is 12.3. The number of piperidine rings is 1. The predicted molar refractivity (Wildman–Crippen MR) is 71.5 cm³/mol. The molecule has 0 aromatic carbocycles. The lowest BCUT2D eigenvalue weighted by Gasteiger charge is -2.34. The Morgan fingerprint density at radius 1 is 1.41 bits per heavy atom. The molecule has 6 heteroatoms. The third-order valence-corrected chi connectivity index (χ3v) is 5.25. The number of alkyl halides is 1. The number of halogens is 1. The highest BCUT2D eigenvalue weighted by Gasteiger charge is 2.31. The second-order valence-corrected chi connectivity index (χ2v) is 7.01. The maximum absolute atomic E-state index is 12.4. The van der Waals surface area contributed by atoms with E-state index in [1.807, 2.05) is 6.92 Å². The van der Waals surface area contributed by atoms with E-state index in [2.05, 4.69) is 6.92 Å². The molecule has 1 atom stereocenters. The molecule has 1 unspecified atom stereocenters. The molecule has 0 N–H and O–H groups in total. The van der Waals surface area contributed by atoms with Gasteiger partial charge in [0.15, 0.2) is 0 Å². The van der Waals surface area contributed by atoms with Crippen LogP contribution in [0.4, 0.5) is 0 Å². The SMILES string of the molecule is CCCN(CCCl)S(=O)(=O)N1CCCC(C)C1. The number of hydrogen-bond acceptors (Lipinski definition) is 2. The maximum Gasteiger partial charge on any atom is 0.282 e. The van der Waals surface area contributed by atoms with Gasteiger partial charge in [0.25, 0.3) is 10.2 Å². The summed E-state index contributed by atoms with van der Waals surface area (Å²) < 4.78 is 27.9. The fourth-order valence-electron chi connectivity index (χ4n) is 2.21. The van der Waals surface area contributed by atoms with E-state index in [1.165, 1.54) is 4.31 Å². The summed E-state index contributed by atoms with van der Waals surface area (Å²) in [5.74, 6) is 0.806. The molecule has 0 spiro atoms. The third kappa shape index (κ3) is 4.09. The molecule has 0 radical (unpaired) electrons. The van der Waals surface area contributed by atoms with Crippen LogP contribution in [0.25, 0.3) is 0 Å². The van der Waals surface area contributed by atoms with E-state index in [4.69, 9.17) is 11.6 Å². The van der Waals surface area contributed by atoms with Gasteiger partial charge in [0.2, 0.25) is 0 Å². The van der Waals surface area contributed by atoms with Gasteiger partial charge in [-0.1, -0.05) is 13.8 Å². The predicted octanol–water partition coefficient (Wildman–Crippen LogP) is 1.91. The van der Waals surface area contributed by atoms with Crippen LogP contribution in [0.15, 0.2) is 0 Å². The first-order valence-electron chi connectivity index (χ1n) is 6.33. The lowest BCUT2D eigenvalue weighted by molar-refractivity contribution is 0.259. The molecule has 0 amide bonds. The Bertz CT molecular complexity index is 305. The van der Waals surface area contributed by atoms with Crippen LogP contribution >= 0.6 is 11.6 Å². The summed E-state index contributed by atoms with van der Waals surface area (Å²) in [5.41, 5.74) is 0. The summed E-state index contributed by atoms with van der Waals surface area (Å²) >= 11 is 5.68. The number of hydrogen-bond donors (Lipinski definition) is 0. The van der Waals surface area contributed by atoms with Crippen LogP contribution in [-0.4, -0.2) is 49.1 Å². The van der Waals surface area contributed by atoms with E-state index >= 15 is 0 Å². The zero-order valence-electron chi connectivity index (χ0n) is 10.7. The minimum Gasteiger partial charge on any atom is -0.195 e. The second-order valence-electron chi connectivity index (χ2n) is 4.70. The van der Waals surface area contributed by atoms with Gasteiger partial charge in [0.05, 0.1) is 0 Å². The van der Waals surface area contributed by atoms with Gasteiger partial charge in [-0.05, 0) is 25.2 Å². The molecule has 1 rings (SSSR count). The first kappa shape index (κ1) is 15.2. The van der Waals surface area contributed by atoms with E-state index in [0.29, 0.717) is 38.0 Å². The molecule has 0 aromatic heterocycles. The molecule has 1 fully saturated rings. The summed E-state index contributed by atoms with van der Waals surface area (Å²) in [7, 11) is -3.30. The fraction of sp³-hybridized carbons (Fsp3) is 1.00. The molecule has 0 bridgehead atoms. The van der Waals surface area contributed by atoms with Gasteiger partial charge >= 0.3 is 0 Å². The Labute approximate surface area is 110 Å². The lowest BCUT2D eigenvalue weighted by atomic mass is 10.0. The van der Waals surface area contributed by atoms with Crippen LogP contribution < -0.4 is 0 Å². The highest BCUT2D eigenvalue weighted by molar-refractivity contribution is 7.86. The molecule has 4 nitrogen and oxygen atoms in total. The third-order valence-electron chi connectivity index (χ3n) is 3.08. The number of rotatable bonds is 6. The molecule has 102 valence electrons. The van der Waals surface area contributed by atoms with Crippen molar-refractivity contribution in [2.45, 2.75) is 33.1 Å². The monoisotopic (exact) mass is 282 g/mol. The summed E-state index contributed by atoms with van der Waals surface area (Å²) in [6.45, 7) is 6.34. The minimum absolute atomic E-state index is 0.350. The van der Waals surface area contributed by atoms with E-state index in [0.717, 1.165) is 19.3 Å². The van der Waals surface area contributed by atoms with Crippen molar-refractivity contribution >= 4 is 21.8 Å². The quantitative estimate of drug-likeness (QED) is 0.699. The highest BCUT2D eigenvalue weighted by atomic mass is 35.5. The molecule has 0 saturated carbocycles. The van der Waals surface area contributed by atoms with Crippen LogP contribution in [0, 0.1) is 5.92 Å². The van der Waals surface area contributed by atoms with Crippen LogP contribution in [0.2, 0.25) is 0 Å². The van der Waals surface area contributed by atoms with Crippen LogP contribution in [-0.2, 0) is 10.2 Å². The molecule has 1 saturated heterocycles. The van der Waals surface area contributed by atoms with Crippen LogP contribution in [0.1, 0.15) is 33.1 Å². The van der Waals surface area contributed by atoms with Crippen LogP contribution in [0.3, 0.4) is 0 Å². The van der Waals surface area contributed by atoms with Crippen molar-refractivity contribution in [3.05, 3.63) is 0 Å². The zero-order chi connectivity index (χ0) is 12.9. The minimum atomic E-state index is -3.30. The highest BCUT2D eigenvalue weighted by Crippen LogP contribution is 2.20. The van der Waals surface area contributed by atoms with Crippen molar-refractivity contribution in [1.29, 1.82) is 0 Å². The molecule has 0 aromatic rings. The number of nitrogens with zero attached hydrogens (tertiary/aromatic N) is 2. The normalized spacial score (nSPS) is 23.2. The first-order valence-corrected chi connectivity index (χ1v) is 8.26. The summed E-state index contributed by atoms with van der Waals surface area (Å²) in [6.07, 6.45) is 2.90. The van der Waals surface area contributed by atoms with Crippen molar-refractivity contribution in [1.82, 2.24) is 8.61 Å². The average Bonchev–Trinajstić information content (AvgIpc) is 2.29. The Balaban J connectivity index is 2.75. The molecular weight excluding hydrogens is 260 g/mol. The van der Waals surface area contributed by atoms with Crippen molar-refractivity contribution in [3.63, 3.8) is 0 Å². The molecule has 17 heavy (non-hydrogen) atoms. The van der Waals surface area contributed by atoms with Crippen molar-refractivity contribution in [2.24, 2.45) is 5.92 Å². The van der Waals surface area contributed by atoms with Gasteiger partial charge < -0.3 is 0 Å². The Morgan fingerprint density at radius 3 is 2.65 bits per heavy atom. The van der Waals surface area contributed by atoms with Gasteiger partial charge in [-0.2, -0.15) is 17.0 Å². The Kier molecular flexibility index (Phi) is 6.20. The molecule has 1 heterocycles. The van der Waals surface area contributed by atoms with Gasteiger partial charge in [-0.15, -0.1) is 11.6 Å². The van der Waals surface area contributed by atoms with E-state index in [9.17, 15) is 8.42 Å². The second kappa shape index (κ2) is 6.92. The summed E-state index contributed by atoms with van der Waals surface area (Å²) in [6, 6.07) is 0. The van der Waals surface area contributed by atoms with Gasteiger partial charge in [-0.3, -0.25) is 0 Å². The summed E-state index contributed by atoms with van der Waals surface area (Å²) in [5, 5.41) is 0. The molecule has 0 aliphatic carbocycles. The smallest absolute Gasteiger partial charge is 0.195 e. The van der Waals surface area contributed by atoms with Gasteiger partial charge in [0, 0.05) is 32.1 Å². The maximum atomic E-state index is 12.4. The largest absolute Gasteiger partial charge is 0.282 e. The fourth-order valence-corrected chi connectivity index (χ4v) is 4.37.